The van der Waals surface area contributed by atoms with Gasteiger partial charge in [0, 0.05) is 45.7 Å². The maximum absolute atomic E-state index is 11.4. The molecule has 0 bridgehead atoms. The lowest BCUT2D eigenvalue weighted by Gasteiger charge is -2.30. The van der Waals surface area contributed by atoms with Crippen molar-refractivity contribution in [3.8, 4) is 11.4 Å². The molecule has 46 heavy (non-hydrogen) atoms. The average Bonchev–Trinajstić information content (AvgIpc) is 3.45. The fourth-order valence-electron chi connectivity index (χ4n) is 6.49. The number of para-hydroxylation sites is 5. The molecule has 0 spiro atoms. The molecule has 4 nitrogen and oxygen atoms in total. The number of anilines is 6. The van der Waals surface area contributed by atoms with Gasteiger partial charge in [-0.2, -0.15) is 0 Å². The highest BCUT2D eigenvalue weighted by molar-refractivity contribution is 6.16. The first-order valence-electron chi connectivity index (χ1n) is 15.4. The van der Waals surface area contributed by atoms with E-state index in [0.29, 0.717) is 0 Å². The van der Waals surface area contributed by atoms with Crippen LogP contribution in [0.5, 0.6) is 5.75 Å². The molecule has 0 aliphatic rings. The monoisotopic (exact) mass is 593 g/mol. The minimum atomic E-state index is 0.184. The summed E-state index contributed by atoms with van der Waals surface area (Å²) < 4.78 is 2.33. The number of rotatable bonds is 7. The number of hydrogen-bond donors (Lipinski definition) is 1. The van der Waals surface area contributed by atoms with Crippen LogP contribution in [0.4, 0.5) is 34.1 Å². The minimum Gasteiger partial charge on any atom is -0.508 e. The van der Waals surface area contributed by atoms with Gasteiger partial charge in [0.05, 0.1) is 28.1 Å². The second-order valence-electron chi connectivity index (χ2n) is 11.2. The Morgan fingerprint density at radius 3 is 1.48 bits per heavy atom. The summed E-state index contributed by atoms with van der Waals surface area (Å²) in [5.74, 6) is 0.184. The van der Waals surface area contributed by atoms with Crippen molar-refractivity contribution >= 4 is 55.9 Å². The van der Waals surface area contributed by atoms with Crippen LogP contribution in [-0.4, -0.2) is 9.67 Å². The van der Waals surface area contributed by atoms with E-state index in [9.17, 15) is 5.11 Å². The standard InChI is InChI=1S/C42H31N3O/c46-37-29-35(43(31-16-5-1-6-17-31)32-18-7-2-8-19-32)28-36(30-37)44(33-20-9-3-10-21-33)40-26-15-27-41-42(40)38-24-13-14-25-39(38)45(41)34-22-11-4-12-23-34/h1-30,46H. The largest absolute Gasteiger partial charge is 0.508 e. The lowest BCUT2D eigenvalue weighted by molar-refractivity contribution is 0.475. The van der Waals surface area contributed by atoms with E-state index in [2.05, 4.69) is 136 Å². The summed E-state index contributed by atoms with van der Waals surface area (Å²) in [7, 11) is 0. The molecule has 1 N–H and O–H groups in total. The summed E-state index contributed by atoms with van der Waals surface area (Å²) in [6.45, 7) is 0. The normalized spacial score (nSPS) is 11.1. The van der Waals surface area contributed by atoms with Crippen molar-refractivity contribution < 1.29 is 5.11 Å². The van der Waals surface area contributed by atoms with Crippen LogP contribution in [0.1, 0.15) is 0 Å². The predicted octanol–water partition coefficient (Wildman–Crippen LogP) is 11.4. The van der Waals surface area contributed by atoms with E-state index >= 15 is 0 Å². The van der Waals surface area contributed by atoms with Gasteiger partial charge < -0.3 is 19.5 Å². The Morgan fingerprint density at radius 2 is 0.870 bits per heavy atom. The van der Waals surface area contributed by atoms with E-state index in [-0.39, 0.29) is 5.75 Å². The summed E-state index contributed by atoms with van der Waals surface area (Å²) in [5.41, 5.74) is 9.09. The molecule has 0 aliphatic heterocycles. The zero-order valence-electron chi connectivity index (χ0n) is 25.1. The zero-order valence-corrected chi connectivity index (χ0v) is 25.1. The zero-order chi connectivity index (χ0) is 30.9. The van der Waals surface area contributed by atoms with Gasteiger partial charge in [0.25, 0.3) is 0 Å². The van der Waals surface area contributed by atoms with Crippen LogP contribution in [-0.2, 0) is 0 Å². The van der Waals surface area contributed by atoms with E-state index < -0.39 is 0 Å². The maximum Gasteiger partial charge on any atom is 0.119 e. The smallest absolute Gasteiger partial charge is 0.119 e. The molecule has 7 aromatic carbocycles. The number of aromatic hydroxyl groups is 1. The van der Waals surface area contributed by atoms with Crippen molar-refractivity contribution in [2.24, 2.45) is 0 Å². The molecule has 8 rings (SSSR count). The Hall–Kier alpha value is -6.26. The number of phenolic OH excluding ortho intramolecular Hbond substituents is 1. The molecule has 220 valence electrons. The number of phenols is 1. The van der Waals surface area contributed by atoms with Crippen LogP contribution in [0.2, 0.25) is 0 Å². The molecular formula is C42H31N3O. The first kappa shape index (κ1) is 27.3. The Bertz CT molecular complexity index is 2220. The fraction of sp³-hybridized carbons (Fsp3) is 0. The van der Waals surface area contributed by atoms with Gasteiger partial charge in [-0.15, -0.1) is 0 Å². The highest BCUT2D eigenvalue weighted by Gasteiger charge is 2.23. The molecule has 0 fully saturated rings. The van der Waals surface area contributed by atoms with Crippen molar-refractivity contribution in [2.45, 2.75) is 0 Å². The van der Waals surface area contributed by atoms with Gasteiger partial charge in [0.1, 0.15) is 5.75 Å². The highest BCUT2D eigenvalue weighted by atomic mass is 16.3. The van der Waals surface area contributed by atoms with E-state index in [4.69, 9.17) is 0 Å². The summed E-state index contributed by atoms with van der Waals surface area (Å²) in [4.78, 5) is 4.43. The Kier molecular flexibility index (Phi) is 6.93. The third-order valence-electron chi connectivity index (χ3n) is 8.38. The molecule has 0 unspecified atom stereocenters. The number of hydrogen-bond acceptors (Lipinski definition) is 3. The van der Waals surface area contributed by atoms with Gasteiger partial charge in [-0.05, 0) is 72.8 Å². The van der Waals surface area contributed by atoms with Gasteiger partial charge in [-0.25, -0.2) is 0 Å². The van der Waals surface area contributed by atoms with Gasteiger partial charge in [-0.1, -0.05) is 97.1 Å². The summed E-state index contributed by atoms with van der Waals surface area (Å²) in [6, 6.07) is 62.3. The highest BCUT2D eigenvalue weighted by Crippen LogP contribution is 2.46. The lowest BCUT2D eigenvalue weighted by Crippen LogP contribution is -2.13. The first-order valence-corrected chi connectivity index (χ1v) is 15.4. The van der Waals surface area contributed by atoms with Crippen LogP contribution in [0.15, 0.2) is 182 Å². The number of benzene rings is 7. The van der Waals surface area contributed by atoms with Crippen LogP contribution in [0.25, 0.3) is 27.5 Å². The molecule has 0 atom stereocenters. The molecule has 8 aromatic rings. The average molecular weight is 594 g/mol. The molecule has 0 amide bonds. The van der Waals surface area contributed by atoms with Gasteiger partial charge >= 0.3 is 0 Å². The maximum atomic E-state index is 11.4. The van der Waals surface area contributed by atoms with Crippen LogP contribution >= 0.6 is 0 Å². The Labute approximate surface area is 268 Å². The Morgan fingerprint density at radius 1 is 0.391 bits per heavy atom. The molecule has 4 heteroatoms. The van der Waals surface area contributed by atoms with Crippen molar-refractivity contribution in [3.63, 3.8) is 0 Å². The molecule has 1 aromatic heterocycles. The van der Waals surface area contributed by atoms with Crippen molar-refractivity contribution in [3.05, 3.63) is 182 Å². The van der Waals surface area contributed by atoms with E-state index in [1.54, 1.807) is 0 Å². The van der Waals surface area contributed by atoms with Crippen LogP contribution < -0.4 is 9.80 Å². The van der Waals surface area contributed by atoms with Crippen molar-refractivity contribution in [1.82, 2.24) is 4.57 Å². The molecule has 0 radical (unpaired) electrons. The first-order chi connectivity index (χ1) is 22.8. The summed E-state index contributed by atoms with van der Waals surface area (Å²) in [6.07, 6.45) is 0. The second kappa shape index (κ2) is 11.7. The SMILES string of the molecule is Oc1cc(N(c2ccccc2)c2ccccc2)cc(N(c2ccccc2)c2cccc3c2c2ccccc2n3-c2ccccc2)c1. The van der Waals surface area contributed by atoms with Gasteiger partial charge in [0.15, 0.2) is 0 Å². The molecule has 0 saturated heterocycles. The predicted molar refractivity (Wildman–Crippen MR) is 192 cm³/mol. The molecule has 0 saturated carbocycles. The summed E-state index contributed by atoms with van der Waals surface area (Å²) >= 11 is 0. The third-order valence-corrected chi connectivity index (χ3v) is 8.38. The Balaban J connectivity index is 1.40. The topological polar surface area (TPSA) is 31.6 Å². The van der Waals surface area contributed by atoms with Crippen molar-refractivity contribution in [1.29, 1.82) is 0 Å². The van der Waals surface area contributed by atoms with Gasteiger partial charge in [0.2, 0.25) is 0 Å². The third kappa shape index (κ3) is 4.83. The van der Waals surface area contributed by atoms with Crippen LogP contribution in [0, 0.1) is 0 Å². The van der Waals surface area contributed by atoms with Crippen molar-refractivity contribution in [2.75, 3.05) is 9.80 Å². The van der Waals surface area contributed by atoms with Crippen LogP contribution in [0.3, 0.4) is 0 Å². The van der Waals surface area contributed by atoms with E-state index in [1.807, 2.05) is 60.7 Å². The van der Waals surface area contributed by atoms with Gasteiger partial charge in [-0.3, -0.25) is 0 Å². The van der Waals surface area contributed by atoms with E-state index in [0.717, 1.165) is 61.6 Å². The lowest BCUT2D eigenvalue weighted by atomic mass is 10.1. The number of fused-ring (bicyclic) bond motifs is 3. The molecule has 1 heterocycles. The molecule has 0 aliphatic carbocycles. The fourth-order valence-corrected chi connectivity index (χ4v) is 6.49. The quantitative estimate of drug-likeness (QED) is 0.199. The number of nitrogens with zero attached hydrogens (tertiary/aromatic N) is 3. The minimum absolute atomic E-state index is 0.184. The van der Waals surface area contributed by atoms with E-state index in [1.165, 1.54) is 0 Å². The second-order valence-corrected chi connectivity index (χ2v) is 11.2. The summed E-state index contributed by atoms with van der Waals surface area (Å²) in [5, 5.41) is 13.7. The molecular weight excluding hydrogens is 562 g/mol. The number of aromatic nitrogens is 1.